The predicted octanol–water partition coefficient (Wildman–Crippen LogP) is 3.95. The first-order chi connectivity index (χ1) is 7.98. The van der Waals surface area contributed by atoms with Gasteiger partial charge in [0.1, 0.15) is 0 Å². The van der Waals surface area contributed by atoms with Crippen LogP contribution in [0.4, 0.5) is 18.9 Å². The number of anilines is 1. The number of nitrogen functional groups attached to an aromatic ring is 1. The number of benzene rings is 2. The number of rotatable bonds is 1. The number of hydrogen-bond acceptors (Lipinski definition) is 1. The molecule has 0 spiro atoms. The summed E-state index contributed by atoms with van der Waals surface area (Å²) in [5.41, 5.74) is 5.48. The van der Waals surface area contributed by atoms with Crippen LogP contribution < -0.4 is 5.73 Å². The molecule has 2 aromatic carbocycles. The molecule has 0 atom stereocenters. The van der Waals surface area contributed by atoms with E-state index in [-0.39, 0.29) is 11.3 Å². The van der Waals surface area contributed by atoms with Gasteiger partial charge in [-0.25, -0.2) is 0 Å². The van der Waals surface area contributed by atoms with E-state index in [9.17, 15) is 13.2 Å². The number of halogens is 3. The summed E-state index contributed by atoms with van der Waals surface area (Å²) in [5.74, 6) is 0. The van der Waals surface area contributed by atoms with Gasteiger partial charge in [-0.2, -0.15) is 13.2 Å². The van der Waals surface area contributed by atoms with Gasteiger partial charge in [0.25, 0.3) is 0 Å². The molecule has 0 fully saturated rings. The lowest BCUT2D eigenvalue weighted by Gasteiger charge is -2.13. The van der Waals surface area contributed by atoms with E-state index in [2.05, 4.69) is 0 Å². The van der Waals surface area contributed by atoms with Crippen LogP contribution >= 0.6 is 0 Å². The van der Waals surface area contributed by atoms with E-state index in [0.29, 0.717) is 5.56 Å². The molecule has 1 nitrogen and oxygen atoms in total. The summed E-state index contributed by atoms with van der Waals surface area (Å²) in [6, 6.07) is 12.3. The predicted molar refractivity (Wildman–Crippen MR) is 61.3 cm³/mol. The Morgan fingerprint density at radius 2 is 1.53 bits per heavy atom. The van der Waals surface area contributed by atoms with Crippen molar-refractivity contribution in [2.24, 2.45) is 0 Å². The highest BCUT2D eigenvalue weighted by molar-refractivity contribution is 5.70. The molecule has 88 valence electrons. The zero-order chi connectivity index (χ0) is 12.5. The Bertz CT molecular complexity index is 518. The first-order valence-corrected chi connectivity index (χ1v) is 5.00. The van der Waals surface area contributed by atoms with Gasteiger partial charge >= 0.3 is 6.18 Å². The molecule has 4 heteroatoms. The van der Waals surface area contributed by atoms with Crippen LogP contribution in [0.25, 0.3) is 11.1 Å². The van der Waals surface area contributed by atoms with Crippen LogP contribution in [0, 0.1) is 0 Å². The Hall–Kier alpha value is -1.97. The molecule has 0 unspecified atom stereocenters. The van der Waals surface area contributed by atoms with Gasteiger partial charge in [0.2, 0.25) is 0 Å². The topological polar surface area (TPSA) is 26.0 Å². The molecule has 0 aliphatic carbocycles. The highest BCUT2D eigenvalue weighted by Crippen LogP contribution is 2.37. The van der Waals surface area contributed by atoms with Crippen molar-refractivity contribution in [3.63, 3.8) is 0 Å². The monoisotopic (exact) mass is 237 g/mol. The Morgan fingerprint density at radius 1 is 0.882 bits per heavy atom. The lowest BCUT2D eigenvalue weighted by molar-refractivity contribution is -0.137. The van der Waals surface area contributed by atoms with Crippen molar-refractivity contribution in [2.75, 3.05) is 5.73 Å². The van der Waals surface area contributed by atoms with Crippen molar-refractivity contribution < 1.29 is 13.2 Å². The lowest BCUT2D eigenvalue weighted by Crippen LogP contribution is -2.08. The maximum atomic E-state index is 12.9. The molecule has 0 amide bonds. The molecule has 0 saturated heterocycles. The maximum absolute atomic E-state index is 12.9. The Balaban J connectivity index is 2.63. The first kappa shape index (κ1) is 11.5. The van der Waals surface area contributed by atoms with E-state index < -0.39 is 11.7 Å². The SMILES string of the molecule is Nc1ccc(-c2ccccc2)c(C(F)(F)F)c1. The van der Waals surface area contributed by atoms with Gasteiger partial charge in [-0.1, -0.05) is 36.4 Å². The van der Waals surface area contributed by atoms with Gasteiger partial charge in [-0.15, -0.1) is 0 Å². The third kappa shape index (κ3) is 2.41. The van der Waals surface area contributed by atoms with Crippen molar-refractivity contribution in [2.45, 2.75) is 6.18 Å². The minimum atomic E-state index is -4.40. The number of alkyl halides is 3. The van der Waals surface area contributed by atoms with E-state index in [1.807, 2.05) is 0 Å². The molecule has 17 heavy (non-hydrogen) atoms. The van der Waals surface area contributed by atoms with Crippen LogP contribution in [0.2, 0.25) is 0 Å². The highest BCUT2D eigenvalue weighted by atomic mass is 19.4. The van der Waals surface area contributed by atoms with Crippen molar-refractivity contribution in [3.05, 3.63) is 54.1 Å². The summed E-state index contributed by atoms with van der Waals surface area (Å²) in [7, 11) is 0. The molecular weight excluding hydrogens is 227 g/mol. The molecule has 0 saturated carbocycles. The van der Waals surface area contributed by atoms with Crippen LogP contribution in [-0.4, -0.2) is 0 Å². The fourth-order valence-electron chi connectivity index (χ4n) is 1.67. The molecular formula is C13H10F3N. The summed E-state index contributed by atoms with van der Waals surface area (Å²) in [6.45, 7) is 0. The van der Waals surface area contributed by atoms with Crippen molar-refractivity contribution in [1.82, 2.24) is 0 Å². The van der Waals surface area contributed by atoms with Gasteiger partial charge in [-0.05, 0) is 23.3 Å². The van der Waals surface area contributed by atoms with Crippen molar-refractivity contribution in [3.8, 4) is 11.1 Å². The molecule has 0 bridgehead atoms. The average molecular weight is 237 g/mol. The minimum Gasteiger partial charge on any atom is -0.399 e. The van der Waals surface area contributed by atoms with Crippen LogP contribution in [0.3, 0.4) is 0 Å². The Morgan fingerprint density at radius 3 is 2.12 bits per heavy atom. The summed E-state index contributed by atoms with van der Waals surface area (Å²) in [6.07, 6.45) is -4.40. The zero-order valence-corrected chi connectivity index (χ0v) is 8.83. The quantitative estimate of drug-likeness (QED) is 0.746. The van der Waals surface area contributed by atoms with E-state index in [4.69, 9.17) is 5.73 Å². The van der Waals surface area contributed by atoms with Gasteiger partial charge in [-0.3, -0.25) is 0 Å². The standard InChI is InChI=1S/C13H10F3N/c14-13(15,16)12-8-10(17)6-7-11(12)9-4-2-1-3-5-9/h1-8H,17H2. The zero-order valence-electron chi connectivity index (χ0n) is 8.83. The summed E-state index contributed by atoms with van der Waals surface area (Å²) in [4.78, 5) is 0. The largest absolute Gasteiger partial charge is 0.417 e. The van der Waals surface area contributed by atoms with Crippen molar-refractivity contribution in [1.29, 1.82) is 0 Å². The second-order valence-corrected chi connectivity index (χ2v) is 3.67. The van der Waals surface area contributed by atoms with Gasteiger partial charge < -0.3 is 5.73 Å². The molecule has 0 radical (unpaired) electrons. The molecule has 2 aromatic rings. The molecule has 0 aromatic heterocycles. The number of nitrogens with two attached hydrogens (primary N) is 1. The van der Waals surface area contributed by atoms with E-state index in [0.717, 1.165) is 6.07 Å². The van der Waals surface area contributed by atoms with Crippen LogP contribution in [-0.2, 0) is 6.18 Å². The van der Waals surface area contributed by atoms with Crippen LogP contribution in [0.5, 0.6) is 0 Å². The van der Waals surface area contributed by atoms with Crippen LogP contribution in [0.15, 0.2) is 48.5 Å². The fraction of sp³-hybridized carbons (Fsp3) is 0.0769. The van der Waals surface area contributed by atoms with E-state index >= 15 is 0 Å². The van der Waals surface area contributed by atoms with Gasteiger partial charge in [0.05, 0.1) is 5.56 Å². The highest BCUT2D eigenvalue weighted by Gasteiger charge is 2.33. The van der Waals surface area contributed by atoms with E-state index in [1.54, 1.807) is 30.3 Å². The maximum Gasteiger partial charge on any atom is 0.417 e. The lowest BCUT2D eigenvalue weighted by atomic mass is 9.99. The van der Waals surface area contributed by atoms with E-state index in [1.165, 1.54) is 12.1 Å². The summed E-state index contributed by atoms with van der Waals surface area (Å²) >= 11 is 0. The molecule has 0 heterocycles. The van der Waals surface area contributed by atoms with Gasteiger partial charge in [0.15, 0.2) is 0 Å². The molecule has 0 aliphatic heterocycles. The second kappa shape index (κ2) is 4.13. The molecule has 2 rings (SSSR count). The average Bonchev–Trinajstić information content (AvgIpc) is 2.29. The fourth-order valence-corrected chi connectivity index (χ4v) is 1.67. The third-order valence-electron chi connectivity index (χ3n) is 2.43. The second-order valence-electron chi connectivity index (χ2n) is 3.67. The van der Waals surface area contributed by atoms with Crippen LogP contribution in [0.1, 0.15) is 5.56 Å². The number of hydrogen-bond donors (Lipinski definition) is 1. The minimum absolute atomic E-state index is 0.108. The van der Waals surface area contributed by atoms with Gasteiger partial charge in [0, 0.05) is 5.69 Å². The summed E-state index contributed by atoms with van der Waals surface area (Å²) < 4.78 is 38.6. The summed E-state index contributed by atoms with van der Waals surface area (Å²) in [5, 5.41) is 0. The Labute approximate surface area is 96.7 Å². The molecule has 2 N–H and O–H groups in total. The smallest absolute Gasteiger partial charge is 0.399 e. The van der Waals surface area contributed by atoms with Crippen molar-refractivity contribution >= 4 is 5.69 Å². The normalized spacial score (nSPS) is 11.5. The Kier molecular flexibility index (Phi) is 2.79. The first-order valence-electron chi connectivity index (χ1n) is 5.00. The molecule has 0 aliphatic rings. The third-order valence-corrected chi connectivity index (χ3v) is 2.43.